The van der Waals surface area contributed by atoms with E-state index in [0.717, 1.165) is 13.0 Å². The van der Waals surface area contributed by atoms with Gasteiger partial charge in [0.15, 0.2) is 0 Å². The lowest BCUT2D eigenvalue weighted by Gasteiger charge is -2.31. The van der Waals surface area contributed by atoms with Crippen LogP contribution in [-0.2, 0) is 0 Å². The second kappa shape index (κ2) is 7.01. The number of aliphatic hydroxyl groups excluding tert-OH is 3. The van der Waals surface area contributed by atoms with E-state index in [1.54, 1.807) is 6.08 Å². The highest BCUT2D eigenvalue weighted by Gasteiger charge is 2.32. The molecule has 0 bridgehead atoms. The van der Waals surface area contributed by atoms with Crippen LogP contribution in [0.15, 0.2) is 12.2 Å². The normalized spacial score (nSPS) is 34.2. The number of aliphatic hydroxyl groups is 3. The van der Waals surface area contributed by atoms with E-state index < -0.39 is 18.3 Å². The van der Waals surface area contributed by atoms with Crippen LogP contribution in [-0.4, -0.2) is 46.2 Å². The van der Waals surface area contributed by atoms with Gasteiger partial charge in [-0.1, -0.05) is 38.3 Å². The molecule has 0 saturated carbocycles. The maximum Gasteiger partial charge on any atom is 0.111 e. The monoisotopic (exact) mass is 229 g/mol. The summed E-state index contributed by atoms with van der Waals surface area (Å²) >= 11 is 0. The molecule has 0 aromatic heterocycles. The first-order chi connectivity index (χ1) is 7.66. The van der Waals surface area contributed by atoms with E-state index in [-0.39, 0.29) is 6.04 Å². The maximum atomic E-state index is 9.69. The lowest BCUT2D eigenvalue weighted by Crippen LogP contribution is -2.52. The molecule has 1 aliphatic carbocycles. The van der Waals surface area contributed by atoms with E-state index in [2.05, 4.69) is 12.2 Å². The first kappa shape index (κ1) is 13.6. The molecule has 0 saturated heterocycles. The van der Waals surface area contributed by atoms with Crippen LogP contribution in [0.1, 0.15) is 32.6 Å². The zero-order valence-corrected chi connectivity index (χ0v) is 9.84. The fourth-order valence-electron chi connectivity index (χ4n) is 1.88. The van der Waals surface area contributed by atoms with Gasteiger partial charge in [-0.05, 0) is 13.0 Å². The lowest BCUT2D eigenvalue weighted by atomic mass is 9.94. The number of hydrogen-bond donors (Lipinski definition) is 4. The fourth-order valence-corrected chi connectivity index (χ4v) is 1.88. The average molecular weight is 229 g/mol. The molecule has 0 fully saturated rings. The summed E-state index contributed by atoms with van der Waals surface area (Å²) in [5, 5.41) is 31.6. The Kier molecular flexibility index (Phi) is 5.98. The molecule has 0 unspecified atom stereocenters. The first-order valence-electron chi connectivity index (χ1n) is 6.12. The molecular weight excluding hydrogens is 206 g/mol. The summed E-state index contributed by atoms with van der Waals surface area (Å²) in [4.78, 5) is 0. The van der Waals surface area contributed by atoms with E-state index in [1.165, 1.54) is 25.3 Å². The van der Waals surface area contributed by atoms with Gasteiger partial charge in [-0.25, -0.2) is 0 Å². The Hall–Kier alpha value is -0.420. The Morgan fingerprint density at radius 3 is 2.44 bits per heavy atom. The van der Waals surface area contributed by atoms with Gasteiger partial charge in [0.1, 0.15) is 18.3 Å². The number of hydrogen-bond acceptors (Lipinski definition) is 4. The van der Waals surface area contributed by atoms with E-state index in [1.807, 2.05) is 0 Å². The van der Waals surface area contributed by atoms with Crippen LogP contribution < -0.4 is 5.32 Å². The molecular formula is C12H23NO3. The summed E-state index contributed by atoms with van der Waals surface area (Å²) < 4.78 is 0. The second-order valence-electron chi connectivity index (χ2n) is 4.40. The summed E-state index contributed by atoms with van der Waals surface area (Å²) in [6.45, 7) is 2.99. The highest BCUT2D eigenvalue weighted by molar-refractivity contribution is 5.10. The summed E-state index contributed by atoms with van der Waals surface area (Å²) in [6, 6.07) is -0.250. The van der Waals surface area contributed by atoms with Crippen molar-refractivity contribution in [2.45, 2.75) is 57.0 Å². The third-order valence-corrected chi connectivity index (χ3v) is 2.99. The molecule has 0 aliphatic heterocycles. The third kappa shape index (κ3) is 3.87. The Morgan fingerprint density at radius 2 is 1.75 bits per heavy atom. The van der Waals surface area contributed by atoms with Crippen LogP contribution in [0.25, 0.3) is 0 Å². The van der Waals surface area contributed by atoms with Crippen LogP contribution in [0, 0.1) is 0 Å². The van der Waals surface area contributed by atoms with Crippen LogP contribution in [0.3, 0.4) is 0 Å². The predicted octanol–water partition coefficient (Wildman–Crippen LogP) is 0.177. The van der Waals surface area contributed by atoms with Gasteiger partial charge in [-0.15, -0.1) is 0 Å². The molecule has 4 N–H and O–H groups in total. The summed E-state index contributed by atoms with van der Waals surface area (Å²) in [5.74, 6) is 0. The van der Waals surface area contributed by atoms with E-state index >= 15 is 0 Å². The fraction of sp³-hybridized carbons (Fsp3) is 0.833. The highest BCUT2D eigenvalue weighted by atomic mass is 16.4. The largest absolute Gasteiger partial charge is 0.388 e. The quantitative estimate of drug-likeness (QED) is 0.387. The molecule has 94 valence electrons. The van der Waals surface area contributed by atoms with Gasteiger partial charge in [0.2, 0.25) is 0 Å². The summed E-state index contributed by atoms with van der Waals surface area (Å²) in [7, 11) is 0. The minimum absolute atomic E-state index is 0.250. The molecule has 1 rings (SSSR count). The zero-order valence-electron chi connectivity index (χ0n) is 9.84. The molecule has 0 spiro atoms. The molecule has 1 aliphatic rings. The first-order valence-corrected chi connectivity index (χ1v) is 6.12. The standard InChI is InChI=1S/C12H23NO3/c1-2-3-4-5-8-13-9-6-7-10(14)12(16)11(9)15/h6-7,9-16H,2-5,8H2,1H3/t9-,10-,11+,12+/m1/s1. The lowest BCUT2D eigenvalue weighted by molar-refractivity contribution is -0.0564. The number of rotatable bonds is 6. The van der Waals surface area contributed by atoms with Crippen molar-refractivity contribution in [2.75, 3.05) is 6.54 Å². The van der Waals surface area contributed by atoms with Crippen molar-refractivity contribution < 1.29 is 15.3 Å². The Morgan fingerprint density at radius 1 is 1.00 bits per heavy atom. The topological polar surface area (TPSA) is 72.7 Å². The Balaban J connectivity index is 2.24. The van der Waals surface area contributed by atoms with Crippen molar-refractivity contribution in [1.82, 2.24) is 5.32 Å². The van der Waals surface area contributed by atoms with Gasteiger partial charge in [-0.3, -0.25) is 0 Å². The van der Waals surface area contributed by atoms with E-state index in [9.17, 15) is 15.3 Å². The van der Waals surface area contributed by atoms with Crippen LogP contribution in [0.4, 0.5) is 0 Å². The van der Waals surface area contributed by atoms with Crippen LogP contribution in [0.2, 0.25) is 0 Å². The predicted molar refractivity (Wildman–Crippen MR) is 63.1 cm³/mol. The zero-order chi connectivity index (χ0) is 12.0. The van der Waals surface area contributed by atoms with E-state index in [4.69, 9.17) is 0 Å². The molecule has 0 radical (unpaired) electrons. The van der Waals surface area contributed by atoms with Crippen molar-refractivity contribution in [1.29, 1.82) is 0 Å². The highest BCUT2D eigenvalue weighted by Crippen LogP contribution is 2.13. The van der Waals surface area contributed by atoms with Crippen molar-refractivity contribution in [3.05, 3.63) is 12.2 Å². The Labute approximate surface area is 97.0 Å². The SMILES string of the molecule is CCCCCCN[C@@H]1C=C[C@@H](O)[C@H](O)[C@H]1O. The van der Waals surface area contributed by atoms with Crippen molar-refractivity contribution >= 4 is 0 Å². The Bertz CT molecular complexity index is 220. The summed E-state index contributed by atoms with van der Waals surface area (Å²) in [6.07, 6.45) is 4.98. The smallest absolute Gasteiger partial charge is 0.111 e. The minimum atomic E-state index is -1.09. The molecule has 4 heteroatoms. The molecule has 4 atom stereocenters. The second-order valence-corrected chi connectivity index (χ2v) is 4.40. The minimum Gasteiger partial charge on any atom is -0.388 e. The number of unbranched alkanes of at least 4 members (excludes halogenated alkanes) is 3. The molecule has 16 heavy (non-hydrogen) atoms. The van der Waals surface area contributed by atoms with E-state index in [0.29, 0.717) is 0 Å². The van der Waals surface area contributed by atoms with Gasteiger partial charge in [0.05, 0.1) is 6.04 Å². The van der Waals surface area contributed by atoms with Gasteiger partial charge in [-0.2, -0.15) is 0 Å². The van der Waals surface area contributed by atoms with Crippen LogP contribution in [0.5, 0.6) is 0 Å². The molecule has 0 aromatic rings. The average Bonchev–Trinajstić information content (AvgIpc) is 2.28. The van der Waals surface area contributed by atoms with Crippen molar-refractivity contribution in [3.63, 3.8) is 0 Å². The van der Waals surface area contributed by atoms with Crippen molar-refractivity contribution in [2.24, 2.45) is 0 Å². The summed E-state index contributed by atoms with van der Waals surface area (Å²) in [5.41, 5.74) is 0. The maximum absolute atomic E-state index is 9.69. The van der Waals surface area contributed by atoms with Crippen LogP contribution >= 0.6 is 0 Å². The van der Waals surface area contributed by atoms with Gasteiger partial charge >= 0.3 is 0 Å². The molecule has 0 amide bonds. The molecule has 0 heterocycles. The third-order valence-electron chi connectivity index (χ3n) is 2.99. The van der Waals surface area contributed by atoms with Gasteiger partial charge in [0, 0.05) is 0 Å². The molecule has 4 nitrogen and oxygen atoms in total. The van der Waals surface area contributed by atoms with Gasteiger partial charge < -0.3 is 20.6 Å². The number of nitrogens with one attached hydrogen (secondary N) is 1. The molecule has 0 aromatic carbocycles. The van der Waals surface area contributed by atoms with Gasteiger partial charge in [0.25, 0.3) is 0 Å². The van der Waals surface area contributed by atoms with Crippen molar-refractivity contribution in [3.8, 4) is 0 Å².